The minimum atomic E-state index is -0.911. The van der Waals surface area contributed by atoms with E-state index in [1.807, 2.05) is 12.2 Å². The Kier molecular flexibility index (Phi) is 4.19. The average molecular weight is 254 g/mol. The second-order valence-electron chi connectivity index (χ2n) is 4.61. The van der Waals surface area contributed by atoms with Gasteiger partial charge in [0.25, 0.3) is 0 Å². The van der Waals surface area contributed by atoms with Crippen LogP contribution in [-0.4, -0.2) is 53.8 Å². The molecule has 1 aliphatic carbocycles. The predicted molar refractivity (Wildman–Crippen MR) is 64.3 cm³/mol. The Morgan fingerprint density at radius 3 is 2.78 bits per heavy atom. The fourth-order valence-corrected chi connectivity index (χ4v) is 2.29. The molecule has 1 atom stereocenters. The summed E-state index contributed by atoms with van der Waals surface area (Å²) in [5.74, 6) is -0.911. The first-order chi connectivity index (χ1) is 8.66. The third-order valence-corrected chi connectivity index (χ3v) is 3.23. The summed E-state index contributed by atoms with van der Waals surface area (Å²) < 4.78 is 5.24. The SMILES string of the molecule is O=C(O)CC1COCCN1C(=O)NC1CC=CC1. The van der Waals surface area contributed by atoms with E-state index in [2.05, 4.69) is 5.32 Å². The number of morpholine rings is 1. The highest BCUT2D eigenvalue weighted by atomic mass is 16.5. The quantitative estimate of drug-likeness (QED) is 0.722. The minimum absolute atomic E-state index is 0.0731. The summed E-state index contributed by atoms with van der Waals surface area (Å²) in [6, 6.07) is -0.408. The van der Waals surface area contributed by atoms with E-state index in [-0.39, 0.29) is 24.5 Å². The van der Waals surface area contributed by atoms with E-state index >= 15 is 0 Å². The highest BCUT2D eigenvalue weighted by Gasteiger charge is 2.30. The maximum atomic E-state index is 12.1. The van der Waals surface area contributed by atoms with E-state index in [9.17, 15) is 9.59 Å². The zero-order valence-corrected chi connectivity index (χ0v) is 10.2. The van der Waals surface area contributed by atoms with Crippen molar-refractivity contribution in [1.29, 1.82) is 0 Å². The van der Waals surface area contributed by atoms with E-state index in [1.165, 1.54) is 0 Å². The van der Waals surface area contributed by atoms with Gasteiger partial charge < -0.3 is 20.1 Å². The molecule has 1 unspecified atom stereocenters. The highest BCUT2D eigenvalue weighted by Crippen LogP contribution is 2.14. The number of carbonyl (C=O) groups is 2. The van der Waals surface area contributed by atoms with Gasteiger partial charge in [-0.1, -0.05) is 12.2 Å². The molecular weight excluding hydrogens is 236 g/mol. The second kappa shape index (κ2) is 5.86. The molecule has 0 aromatic heterocycles. The third kappa shape index (κ3) is 3.22. The fourth-order valence-electron chi connectivity index (χ4n) is 2.29. The Morgan fingerprint density at radius 2 is 2.11 bits per heavy atom. The van der Waals surface area contributed by atoms with Gasteiger partial charge in [-0.3, -0.25) is 4.79 Å². The van der Waals surface area contributed by atoms with E-state index in [0.29, 0.717) is 19.8 Å². The number of carbonyl (C=O) groups excluding carboxylic acids is 1. The molecule has 0 aromatic carbocycles. The van der Waals surface area contributed by atoms with Crippen LogP contribution in [-0.2, 0) is 9.53 Å². The molecule has 2 aliphatic rings. The molecule has 1 aliphatic heterocycles. The predicted octanol–water partition coefficient (Wildman–Crippen LogP) is 0.590. The van der Waals surface area contributed by atoms with Crippen LogP contribution in [0.4, 0.5) is 4.79 Å². The molecule has 18 heavy (non-hydrogen) atoms. The van der Waals surface area contributed by atoms with Crippen LogP contribution in [0.1, 0.15) is 19.3 Å². The number of nitrogens with zero attached hydrogens (tertiary/aromatic N) is 1. The van der Waals surface area contributed by atoms with E-state index in [4.69, 9.17) is 9.84 Å². The van der Waals surface area contributed by atoms with E-state index in [1.54, 1.807) is 4.90 Å². The Balaban J connectivity index is 1.90. The molecule has 0 bridgehead atoms. The molecular formula is C12H18N2O4. The number of hydrogen-bond acceptors (Lipinski definition) is 3. The van der Waals surface area contributed by atoms with Crippen LogP contribution in [0.25, 0.3) is 0 Å². The molecule has 1 saturated heterocycles. The van der Waals surface area contributed by atoms with Gasteiger partial charge in [-0.15, -0.1) is 0 Å². The van der Waals surface area contributed by atoms with Crippen molar-refractivity contribution >= 4 is 12.0 Å². The van der Waals surface area contributed by atoms with Crippen molar-refractivity contribution in [3.8, 4) is 0 Å². The number of rotatable bonds is 3. The number of carboxylic acids is 1. The third-order valence-electron chi connectivity index (χ3n) is 3.23. The minimum Gasteiger partial charge on any atom is -0.481 e. The molecule has 1 heterocycles. The molecule has 0 spiro atoms. The molecule has 0 saturated carbocycles. The van der Waals surface area contributed by atoms with Gasteiger partial charge in [-0.25, -0.2) is 4.79 Å². The van der Waals surface area contributed by atoms with Gasteiger partial charge >= 0.3 is 12.0 Å². The molecule has 1 fully saturated rings. The monoisotopic (exact) mass is 254 g/mol. The second-order valence-corrected chi connectivity index (χ2v) is 4.61. The molecule has 2 rings (SSSR count). The van der Waals surface area contributed by atoms with Crippen LogP contribution in [0.2, 0.25) is 0 Å². The lowest BCUT2D eigenvalue weighted by atomic mass is 10.1. The zero-order valence-electron chi connectivity index (χ0n) is 10.2. The lowest BCUT2D eigenvalue weighted by Gasteiger charge is -2.35. The fraction of sp³-hybridized carbons (Fsp3) is 0.667. The van der Waals surface area contributed by atoms with Gasteiger partial charge in [-0.05, 0) is 12.8 Å². The van der Waals surface area contributed by atoms with Crippen molar-refractivity contribution in [2.24, 2.45) is 0 Å². The molecule has 0 aromatic rings. The number of carboxylic acid groups (broad SMARTS) is 1. The Morgan fingerprint density at radius 1 is 1.39 bits per heavy atom. The first-order valence-electron chi connectivity index (χ1n) is 6.18. The van der Waals surface area contributed by atoms with Crippen LogP contribution < -0.4 is 5.32 Å². The summed E-state index contributed by atoms with van der Waals surface area (Å²) in [7, 11) is 0. The summed E-state index contributed by atoms with van der Waals surface area (Å²) in [6.45, 7) is 1.21. The lowest BCUT2D eigenvalue weighted by molar-refractivity contribution is -0.139. The van der Waals surface area contributed by atoms with Crippen molar-refractivity contribution in [3.63, 3.8) is 0 Å². The van der Waals surface area contributed by atoms with Crippen molar-refractivity contribution in [2.75, 3.05) is 19.8 Å². The van der Waals surface area contributed by atoms with Crippen LogP contribution >= 0.6 is 0 Å². The summed E-state index contributed by atoms with van der Waals surface area (Å²) in [5, 5.41) is 11.8. The van der Waals surface area contributed by atoms with Crippen LogP contribution in [0.5, 0.6) is 0 Å². The smallest absolute Gasteiger partial charge is 0.318 e. The Labute approximate surface area is 106 Å². The van der Waals surface area contributed by atoms with Gasteiger partial charge in [0, 0.05) is 12.6 Å². The van der Waals surface area contributed by atoms with Crippen LogP contribution in [0.3, 0.4) is 0 Å². The number of urea groups is 1. The summed E-state index contributed by atoms with van der Waals surface area (Å²) in [4.78, 5) is 24.4. The van der Waals surface area contributed by atoms with Gasteiger partial charge in [0.15, 0.2) is 0 Å². The number of aliphatic carboxylic acids is 1. The molecule has 2 amide bonds. The van der Waals surface area contributed by atoms with Gasteiger partial charge in [0.2, 0.25) is 0 Å². The molecule has 100 valence electrons. The molecule has 6 nitrogen and oxygen atoms in total. The highest BCUT2D eigenvalue weighted by molar-refractivity contribution is 5.76. The Bertz CT molecular complexity index is 348. The standard InChI is InChI=1S/C12H18N2O4/c15-11(16)7-10-8-18-6-5-14(10)12(17)13-9-3-1-2-4-9/h1-2,9-10H,3-8H2,(H,13,17)(H,15,16). The van der Waals surface area contributed by atoms with Crippen molar-refractivity contribution in [2.45, 2.75) is 31.3 Å². The van der Waals surface area contributed by atoms with Crippen molar-refractivity contribution in [3.05, 3.63) is 12.2 Å². The van der Waals surface area contributed by atoms with E-state index in [0.717, 1.165) is 12.8 Å². The average Bonchev–Trinajstić information content (AvgIpc) is 2.81. The lowest BCUT2D eigenvalue weighted by Crippen LogP contribution is -2.54. The number of amides is 2. The maximum Gasteiger partial charge on any atom is 0.318 e. The number of ether oxygens (including phenoxy) is 1. The van der Waals surface area contributed by atoms with Crippen LogP contribution in [0.15, 0.2) is 12.2 Å². The number of nitrogens with one attached hydrogen (secondary N) is 1. The molecule has 6 heteroatoms. The van der Waals surface area contributed by atoms with Gasteiger partial charge in [0.05, 0.1) is 25.7 Å². The van der Waals surface area contributed by atoms with E-state index < -0.39 is 5.97 Å². The first kappa shape index (κ1) is 12.9. The van der Waals surface area contributed by atoms with Crippen molar-refractivity contribution in [1.82, 2.24) is 10.2 Å². The molecule has 2 N–H and O–H groups in total. The van der Waals surface area contributed by atoms with Gasteiger partial charge in [0.1, 0.15) is 0 Å². The van der Waals surface area contributed by atoms with Gasteiger partial charge in [-0.2, -0.15) is 0 Å². The summed E-state index contributed by atoms with van der Waals surface area (Å²) in [6.07, 6.45) is 5.70. The normalized spacial score (nSPS) is 24.2. The largest absolute Gasteiger partial charge is 0.481 e. The number of hydrogen-bond donors (Lipinski definition) is 2. The zero-order chi connectivity index (χ0) is 13.0. The molecule has 0 radical (unpaired) electrons. The first-order valence-corrected chi connectivity index (χ1v) is 6.18. The maximum absolute atomic E-state index is 12.1. The summed E-state index contributed by atoms with van der Waals surface area (Å²) in [5.41, 5.74) is 0. The van der Waals surface area contributed by atoms with Crippen molar-refractivity contribution < 1.29 is 19.4 Å². The summed E-state index contributed by atoms with van der Waals surface area (Å²) >= 11 is 0. The van der Waals surface area contributed by atoms with Crippen LogP contribution in [0, 0.1) is 0 Å². The topological polar surface area (TPSA) is 78.9 Å². The Hall–Kier alpha value is -1.56.